The highest BCUT2D eigenvalue weighted by Crippen LogP contribution is 2.24. The Kier molecular flexibility index (Phi) is 6.29. The number of nitrogens with one attached hydrogen (secondary N) is 1. The maximum absolute atomic E-state index is 14.1. The largest absolute Gasteiger partial charge is 0.444 e. The van der Waals surface area contributed by atoms with E-state index in [1.54, 1.807) is 39.8 Å². The fraction of sp³-hybridized carbons (Fsp3) is 0.556. The zero-order chi connectivity index (χ0) is 19.6. The van der Waals surface area contributed by atoms with Gasteiger partial charge >= 0.3 is 6.09 Å². The van der Waals surface area contributed by atoms with Gasteiger partial charge in [-0.3, -0.25) is 9.69 Å². The van der Waals surface area contributed by atoms with E-state index < -0.39 is 41.6 Å². The molecular formula is C18H24BrFN2O4. The number of rotatable bonds is 3. The van der Waals surface area contributed by atoms with Crippen LogP contribution in [0.15, 0.2) is 22.7 Å². The molecule has 1 aliphatic rings. The highest BCUT2D eigenvalue weighted by Gasteiger charge is 2.41. The topological polar surface area (TPSA) is 78.9 Å². The van der Waals surface area contributed by atoms with Gasteiger partial charge in [0.15, 0.2) is 0 Å². The Bertz CT molecular complexity index is 692. The highest BCUT2D eigenvalue weighted by molar-refractivity contribution is 9.10. The normalized spacial score (nSPS) is 21.4. The second-order valence-corrected chi connectivity index (χ2v) is 8.35. The number of hydrogen-bond donors (Lipinski definition) is 2. The molecule has 1 aliphatic heterocycles. The lowest BCUT2D eigenvalue weighted by Gasteiger charge is -2.28. The molecule has 26 heavy (non-hydrogen) atoms. The summed E-state index contributed by atoms with van der Waals surface area (Å²) in [6, 6.07) is 3.15. The number of nitrogens with zero attached hydrogens (tertiary/aromatic N) is 1. The Labute approximate surface area is 160 Å². The number of hydrogen-bond acceptors (Lipinski definition) is 4. The average Bonchev–Trinajstić information content (AvgIpc) is 2.87. The molecule has 8 heteroatoms. The molecule has 2 N–H and O–H groups in total. The average molecular weight is 431 g/mol. The van der Waals surface area contributed by atoms with Crippen molar-refractivity contribution in [2.75, 3.05) is 6.54 Å². The van der Waals surface area contributed by atoms with Crippen LogP contribution in [0.25, 0.3) is 0 Å². The summed E-state index contributed by atoms with van der Waals surface area (Å²) in [4.78, 5) is 26.2. The first-order chi connectivity index (χ1) is 12.0. The number of halogens is 2. The summed E-state index contributed by atoms with van der Waals surface area (Å²) in [5.41, 5.74) is -0.372. The summed E-state index contributed by atoms with van der Waals surface area (Å²) in [5, 5.41) is 12.6. The molecule has 0 saturated carbocycles. The predicted molar refractivity (Wildman–Crippen MR) is 98.0 cm³/mol. The van der Waals surface area contributed by atoms with Gasteiger partial charge in [-0.1, -0.05) is 22.0 Å². The summed E-state index contributed by atoms with van der Waals surface area (Å²) in [7, 11) is 0. The number of likely N-dealkylation sites (tertiary alicyclic amines) is 1. The number of amides is 2. The van der Waals surface area contributed by atoms with Gasteiger partial charge in [0.1, 0.15) is 17.5 Å². The van der Waals surface area contributed by atoms with Crippen LogP contribution in [0.5, 0.6) is 0 Å². The summed E-state index contributed by atoms with van der Waals surface area (Å²) >= 11 is 3.19. The second-order valence-electron chi connectivity index (χ2n) is 7.43. The Morgan fingerprint density at radius 3 is 2.65 bits per heavy atom. The molecule has 3 atom stereocenters. The van der Waals surface area contributed by atoms with E-state index in [1.165, 1.54) is 11.0 Å². The molecule has 0 spiro atoms. The van der Waals surface area contributed by atoms with Gasteiger partial charge in [-0.2, -0.15) is 0 Å². The van der Waals surface area contributed by atoms with Crippen molar-refractivity contribution in [2.24, 2.45) is 0 Å². The first-order valence-electron chi connectivity index (χ1n) is 8.41. The zero-order valence-electron chi connectivity index (χ0n) is 15.3. The van der Waals surface area contributed by atoms with Gasteiger partial charge in [0.05, 0.1) is 18.7 Å². The van der Waals surface area contributed by atoms with Gasteiger partial charge in [0, 0.05) is 16.5 Å². The van der Waals surface area contributed by atoms with Crippen molar-refractivity contribution in [3.8, 4) is 0 Å². The third kappa shape index (κ3) is 5.17. The summed E-state index contributed by atoms with van der Waals surface area (Å²) in [6.07, 6.45) is -1.35. The lowest BCUT2D eigenvalue weighted by atomic mass is 10.1. The van der Waals surface area contributed by atoms with Gasteiger partial charge in [0.25, 0.3) is 0 Å². The molecule has 1 aromatic carbocycles. The van der Waals surface area contributed by atoms with Crippen LogP contribution in [-0.4, -0.2) is 46.3 Å². The van der Waals surface area contributed by atoms with Crippen LogP contribution in [-0.2, 0) is 9.53 Å². The smallest absolute Gasteiger partial charge is 0.411 e. The van der Waals surface area contributed by atoms with Crippen LogP contribution in [0.2, 0.25) is 0 Å². The van der Waals surface area contributed by atoms with Gasteiger partial charge in [-0.05, 0) is 39.8 Å². The molecule has 1 heterocycles. The molecule has 2 rings (SSSR count). The number of aliphatic hydroxyl groups is 1. The number of carbonyl (C=O) groups excluding carboxylic acids is 2. The lowest BCUT2D eigenvalue weighted by molar-refractivity contribution is -0.126. The van der Waals surface area contributed by atoms with Crippen molar-refractivity contribution in [3.05, 3.63) is 34.1 Å². The minimum atomic E-state index is -0.860. The lowest BCUT2D eigenvalue weighted by Crippen LogP contribution is -2.48. The maximum Gasteiger partial charge on any atom is 0.411 e. The molecule has 1 fully saturated rings. The first kappa shape index (κ1) is 20.6. The van der Waals surface area contributed by atoms with E-state index in [4.69, 9.17) is 4.74 Å². The van der Waals surface area contributed by atoms with Crippen molar-refractivity contribution >= 4 is 27.9 Å². The van der Waals surface area contributed by atoms with E-state index in [0.717, 1.165) is 0 Å². The molecule has 6 nitrogen and oxygen atoms in total. The molecule has 0 radical (unpaired) electrons. The third-order valence-electron chi connectivity index (χ3n) is 4.00. The number of ether oxygens (including phenoxy) is 1. The van der Waals surface area contributed by atoms with Crippen molar-refractivity contribution in [1.29, 1.82) is 0 Å². The van der Waals surface area contributed by atoms with E-state index in [1.807, 2.05) is 0 Å². The number of aliphatic hydroxyl groups excluding tert-OH is 1. The van der Waals surface area contributed by atoms with Crippen LogP contribution in [0.4, 0.5) is 9.18 Å². The molecule has 2 amide bonds. The van der Waals surface area contributed by atoms with Gasteiger partial charge in [-0.25, -0.2) is 9.18 Å². The minimum Gasteiger partial charge on any atom is -0.444 e. The second kappa shape index (κ2) is 7.92. The van der Waals surface area contributed by atoms with E-state index in [2.05, 4.69) is 21.2 Å². The van der Waals surface area contributed by atoms with Crippen LogP contribution in [0, 0.1) is 5.82 Å². The Hall–Kier alpha value is -1.67. The van der Waals surface area contributed by atoms with Crippen LogP contribution < -0.4 is 5.32 Å². The van der Waals surface area contributed by atoms with E-state index in [0.29, 0.717) is 10.0 Å². The van der Waals surface area contributed by atoms with Crippen molar-refractivity contribution < 1.29 is 23.8 Å². The summed E-state index contributed by atoms with van der Waals surface area (Å²) in [6.45, 7) is 6.86. The first-order valence-corrected chi connectivity index (χ1v) is 9.20. The number of carbonyl (C=O) groups is 2. The molecule has 1 saturated heterocycles. The Morgan fingerprint density at radius 1 is 1.42 bits per heavy atom. The van der Waals surface area contributed by atoms with Crippen molar-refractivity contribution in [2.45, 2.75) is 57.9 Å². The molecule has 144 valence electrons. The van der Waals surface area contributed by atoms with Gasteiger partial charge in [-0.15, -0.1) is 0 Å². The van der Waals surface area contributed by atoms with E-state index in [9.17, 15) is 19.1 Å². The highest BCUT2D eigenvalue weighted by atomic mass is 79.9. The number of β-amino-alcohol motifs (C(OH)–C–C–N with tert-alkyl or cyclic N) is 1. The number of benzene rings is 1. The molecule has 1 aromatic rings. The van der Waals surface area contributed by atoms with Gasteiger partial charge < -0.3 is 15.2 Å². The fourth-order valence-electron chi connectivity index (χ4n) is 2.82. The molecule has 0 aliphatic carbocycles. The molecule has 0 aromatic heterocycles. The molecule has 0 bridgehead atoms. The summed E-state index contributed by atoms with van der Waals surface area (Å²) in [5.74, 6) is -0.898. The monoisotopic (exact) mass is 430 g/mol. The van der Waals surface area contributed by atoms with Crippen molar-refractivity contribution in [1.82, 2.24) is 10.2 Å². The summed E-state index contributed by atoms with van der Waals surface area (Å²) < 4.78 is 20.0. The van der Waals surface area contributed by atoms with Gasteiger partial charge in [0.2, 0.25) is 5.91 Å². The van der Waals surface area contributed by atoms with E-state index in [-0.39, 0.29) is 13.0 Å². The molecular weight excluding hydrogens is 407 g/mol. The van der Waals surface area contributed by atoms with Crippen LogP contribution in [0.3, 0.4) is 0 Å². The predicted octanol–water partition coefficient (Wildman–Crippen LogP) is 3.14. The quantitative estimate of drug-likeness (QED) is 0.771. The Balaban J connectivity index is 2.09. The van der Waals surface area contributed by atoms with Crippen LogP contribution in [0.1, 0.15) is 45.7 Å². The third-order valence-corrected chi connectivity index (χ3v) is 4.49. The maximum atomic E-state index is 14.1. The standard InChI is InChI=1S/C18H24BrFN2O4/c1-10(13-6-5-11(19)7-14(13)20)21-16(24)15-8-12(23)9-22(15)17(25)26-18(2,3)4/h5-7,10,12,15,23H,8-9H2,1-4H3,(H,21,24)/t10?,12-,15+/m1/s1. The molecule has 1 unspecified atom stereocenters. The Morgan fingerprint density at radius 2 is 2.08 bits per heavy atom. The zero-order valence-corrected chi connectivity index (χ0v) is 16.8. The fourth-order valence-corrected chi connectivity index (χ4v) is 3.16. The van der Waals surface area contributed by atoms with Crippen LogP contribution >= 0.6 is 15.9 Å². The van der Waals surface area contributed by atoms with Crippen molar-refractivity contribution in [3.63, 3.8) is 0 Å². The van der Waals surface area contributed by atoms with E-state index >= 15 is 0 Å². The SMILES string of the molecule is CC(NC(=O)[C@@H]1C[C@@H](O)CN1C(=O)OC(C)(C)C)c1ccc(Br)cc1F. The minimum absolute atomic E-state index is 0.0219.